The second-order valence-electron chi connectivity index (χ2n) is 4.10. The minimum absolute atomic E-state index is 0.0279. The molecule has 1 atom stereocenters. The van der Waals surface area contributed by atoms with Crippen LogP contribution in [0, 0.1) is 0 Å². The first-order chi connectivity index (χ1) is 8.70. The number of hydrogen-bond acceptors (Lipinski definition) is 1. The Morgan fingerprint density at radius 1 is 1.11 bits per heavy atom. The molecule has 0 saturated carbocycles. The fourth-order valence-corrected chi connectivity index (χ4v) is 2.81. The van der Waals surface area contributed by atoms with E-state index in [9.17, 15) is 4.79 Å². The van der Waals surface area contributed by atoms with Crippen LogP contribution in [0.2, 0.25) is 0 Å². The van der Waals surface area contributed by atoms with E-state index in [1.54, 1.807) is 16.7 Å². The summed E-state index contributed by atoms with van der Waals surface area (Å²) in [6.07, 6.45) is 1.83. The first kappa shape index (κ1) is 13.6. The smallest absolute Gasteiger partial charge is 0.250 e. The summed E-state index contributed by atoms with van der Waals surface area (Å²) >= 11 is 6.92. The molecule has 18 heavy (non-hydrogen) atoms. The zero-order chi connectivity index (χ0) is 13.0. The summed E-state index contributed by atoms with van der Waals surface area (Å²) in [4.78, 5) is 11.8. The Morgan fingerprint density at radius 3 is 2.50 bits per heavy atom. The van der Waals surface area contributed by atoms with E-state index in [4.69, 9.17) is 0 Å². The van der Waals surface area contributed by atoms with Gasteiger partial charge in [0.25, 0.3) is 5.56 Å². The Hall–Kier alpha value is -0.870. The van der Waals surface area contributed by atoms with Crippen molar-refractivity contribution < 1.29 is 0 Å². The van der Waals surface area contributed by atoms with Crippen LogP contribution in [0.15, 0.2) is 57.9 Å². The summed E-state index contributed by atoms with van der Waals surface area (Å²) in [5, 5.41) is 0.829. The van der Waals surface area contributed by atoms with Crippen LogP contribution in [-0.4, -0.2) is 9.90 Å². The molecular formula is C14H13Br2NO. The molecule has 0 bridgehead atoms. The van der Waals surface area contributed by atoms with Gasteiger partial charge in [-0.1, -0.05) is 46.3 Å². The van der Waals surface area contributed by atoms with E-state index < -0.39 is 0 Å². The molecule has 0 spiro atoms. The Morgan fingerprint density at radius 2 is 1.83 bits per heavy atom. The van der Waals surface area contributed by atoms with Crippen LogP contribution in [-0.2, 0) is 6.54 Å². The van der Waals surface area contributed by atoms with Crippen molar-refractivity contribution in [1.29, 1.82) is 0 Å². The van der Waals surface area contributed by atoms with Crippen LogP contribution in [0.3, 0.4) is 0 Å². The fraction of sp³-hybridized carbons (Fsp3) is 0.214. The zero-order valence-electron chi connectivity index (χ0n) is 9.72. The van der Waals surface area contributed by atoms with Gasteiger partial charge in [-0.25, -0.2) is 0 Å². The van der Waals surface area contributed by atoms with Gasteiger partial charge in [0.05, 0.1) is 0 Å². The Balaban J connectivity index is 2.26. The maximum Gasteiger partial charge on any atom is 0.250 e. The average molecular weight is 371 g/mol. The normalized spacial score (nSPS) is 12.3. The molecule has 2 aromatic rings. The van der Waals surface area contributed by atoms with Gasteiger partial charge >= 0.3 is 0 Å². The summed E-state index contributed by atoms with van der Waals surface area (Å²) in [6.45, 7) is 0.674. The molecule has 0 saturated heterocycles. The van der Waals surface area contributed by atoms with Crippen LogP contribution >= 0.6 is 31.9 Å². The minimum atomic E-state index is 0.0279. The minimum Gasteiger partial charge on any atom is -0.314 e. The van der Waals surface area contributed by atoms with Gasteiger partial charge in [-0.05, 0) is 27.6 Å². The molecule has 1 aromatic carbocycles. The molecule has 0 radical (unpaired) electrons. The van der Waals surface area contributed by atoms with Gasteiger partial charge in [-0.15, -0.1) is 0 Å². The predicted octanol–water partition coefficient (Wildman–Crippen LogP) is 3.79. The number of benzene rings is 1. The lowest BCUT2D eigenvalue weighted by molar-refractivity contribution is 0.587. The van der Waals surface area contributed by atoms with E-state index in [-0.39, 0.29) is 11.5 Å². The molecule has 0 aliphatic heterocycles. The molecule has 4 heteroatoms. The molecule has 0 aliphatic rings. The number of halogens is 2. The molecule has 1 heterocycles. The van der Waals surface area contributed by atoms with Gasteiger partial charge in [-0.3, -0.25) is 4.79 Å². The van der Waals surface area contributed by atoms with E-state index in [2.05, 4.69) is 44.0 Å². The maximum atomic E-state index is 11.8. The molecule has 0 fully saturated rings. The first-order valence-corrected chi connectivity index (χ1v) is 7.59. The Bertz CT molecular complexity index is 566. The van der Waals surface area contributed by atoms with Crippen molar-refractivity contribution in [2.75, 3.05) is 5.33 Å². The van der Waals surface area contributed by atoms with Crippen molar-refractivity contribution in [3.63, 3.8) is 0 Å². The van der Waals surface area contributed by atoms with E-state index >= 15 is 0 Å². The number of aromatic nitrogens is 1. The lowest BCUT2D eigenvalue weighted by Crippen LogP contribution is -2.22. The second kappa shape index (κ2) is 6.34. The maximum absolute atomic E-state index is 11.8. The Labute approximate surface area is 123 Å². The second-order valence-corrected chi connectivity index (χ2v) is 5.66. The van der Waals surface area contributed by atoms with E-state index in [1.807, 2.05) is 24.4 Å². The number of hydrogen-bond donors (Lipinski definition) is 0. The van der Waals surface area contributed by atoms with Crippen molar-refractivity contribution in [3.8, 4) is 0 Å². The summed E-state index contributed by atoms with van der Waals surface area (Å²) in [7, 11) is 0. The highest BCUT2D eigenvalue weighted by atomic mass is 79.9. The molecule has 1 unspecified atom stereocenters. The van der Waals surface area contributed by atoms with Gasteiger partial charge in [0.2, 0.25) is 0 Å². The predicted molar refractivity (Wildman–Crippen MR) is 81.4 cm³/mol. The standard InChI is InChI=1S/C14H13Br2NO/c15-8-12(11-4-2-1-3-5-11)9-17-10-13(16)6-7-14(17)18/h1-7,10,12H,8-9H2. The summed E-state index contributed by atoms with van der Waals surface area (Å²) in [5.41, 5.74) is 1.27. The third-order valence-corrected chi connectivity index (χ3v) is 4.07. The van der Waals surface area contributed by atoms with Crippen LogP contribution in [0.5, 0.6) is 0 Å². The molecule has 0 N–H and O–H groups in total. The number of nitrogens with zero attached hydrogens (tertiary/aromatic N) is 1. The monoisotopic (exact) mass is 369 g/mol. The highest BCUT2D eigenvalue weighted by molar-refractivity contribution is 9.10. The quantitative estimate of drug-likeness (QED) is 0.750. The van der Waals surface area contributed by atoms with Gasteiger partial charge in [-0.2, -0.15) is 0 Å². The number of rotatable bonds is 4. The van der Waals surface area contributed by atoms with Crippen molar-refractivity contribution in [2.45, 2.75) is 12.5 Å². The number of pyridine rings is 1. The van der Waals surface area contributed by atoms with Crippen molar-refractivity contribution in [3.05, 3.63) is 69.1 Å². The third-order valence-electron chi connectivity index (χ3n) is 2.82. The zero-order valence-corrected chi connectivity index (χ0v) is 12.9. The highest BCUT2D eigenvalue weighted by Crippen LogP contribution is 2.20. The van der Waals surface area contributed by atoms with Gasteiger partial charge < -0.3 is 4.57 Å². The molecule has 0 amide bonds. The molecule has 2 nitrogen and oxygen atoms in total. The average Bonchev–Trinajstić information content (AvgIpc) is 2.41. The van der Waals surface area contributed by atoms with E-state index in [0.29, 0.717) is 6.54 Å². The summed E-state index contributed by atoms with van der Waals surface area (Å²) in [6, 6.07) is 13.6. The van der Waals surface area contributed by atoms with E-state index in [0.717, 1.165) is 9.80 Å². The van der Waals surface area contributed by atoms with Gasteiger partial charge in [0, 0.05) is 34.5 Å². The third kappa shape index (κ3) is 3.33. The van der Waals surface area contributed by atoms with Crippen LogP contribution < -0.4 is 5.56 Å². The van der Waals surface area contributed by atoms with Gasteiger partial charge in [0.1, 0.15) is 0 Å². The van der Waals surface area contributed by atoms with Crippen LogP contribution in [0.4, 0.5) is 0 Å². The lowest BCUT2D eigenvalue weighted by Gasteiger charge is -2.16. The largest absolute Gasteiger partial charge is 0.314 e. The SMILES string of the molecule is O=c1ccc(Br)cn1CC(CBr)c1ccccc1. The molecule has 2 rings (SSSR count). The van der Waals surface area contributed by atoms with Crippen molar-refractivity contribution >= 4 is 31.9 Å². The van der Waals surface area contributed by atoms with Crippen LogP contribution in [0.1, 0.15) is 11.5 Å². The molecule has 1 aromatic heterocycles. The summed E-state index contributed by atoms with van der Waals surface area (Å²) < 4.78 is 2.66. The van der Waals surface area contributed by atoms with Crippen molar-refractivity contribution in [1.82, 2.24) is 4.57 Å². The molecular weight excluding hydrogens is 358 g/mol. The van der Waals surface area contributed by atoms with Crippen LogP contribution in [0.25, 0.3) is 0 Å². The van der Waals surface area contributed by atoms with E-state index in [1.165, 1.54) is 5.56 Å². The summed E-state index contributed by atoms with van der Waals surface area (Å²) in [5.74, 6) is 0.290. The Kier molecular flexibility index (Phi) is 4.78. The molecule has 94 valence electrons. The topological polar surface area (TPSA) is 22.0 Å². The first-order valence-electron chi connectivity index (χ1n) is 5.67. The highest BCUT2D eigenvalue weighted by Gasteiger charge is 2.11. The number of alkyl halides is 1. The molecule has 0 aliphatic carbocycles. The van der Waals surface area contributed by atoms with Crippen molar-refractivity contribution in [2.24, 2.45) is 0 Å². The fourth-order valence-electron chi connectivity index (χ4n) is 1.85. The van der Waals surface area contributed by atoms with Gasteiger partial charge in [0.15, 0.2) is 0 Å². The lowest BCUT2D eigenvalue weighted by atomic mass is 10.0.